The Morgan fingerprint density at radius 2 is 1.69 bits per heavy atom. The highest BCUT2D eigenvalue weighted by molar-refractivity contribution is 5.97. The second-order valence-corrected chi connectivity index (χ2v) is 9.44. The maximum Gasteiger partial charge on any atom is 0.256 e. The molecule has 0 bridgehead atoms. The molecular weight excluding hydrogens is 453 g/mol. The molecule has 1 aliphatic rings. The summed E-state index contributed by atoms with van der Waals surface area (Å²) in [5.74, 6) is 0.915. The highest BCUT2D eigenvalue weighted by Gasteiger charge is 2.21. The van der Waals surface area contributed by atoms with E-state index in [2.05, 4.69) is 45.6 Å². The molecule has 1 saturated heterocycles. The van der Waals surface area contributed by atoms with Crippen molar-refractivity contribution in [3.63, 3.8) is 0 Å². The molecule has 1 amide bonds. The molecule has 1 aliphatic heterocycles. The van der Waals surface area contributed by atoms with Crippen LogP contribution in [-0.4, -0.2) is 51.3 Å². The molecule has 0 unspecified atom stereocenters. The standard InChI is InChI=1S/C29H32FN5O/c30-25-9-11-26(12-10-25)35-29(34-17-4-5-18-34)27(22-32-35)28(36)31-15-6-16-33-19-13-24(14-20-33)21-23-7-2-1-3-8-23/h1-5,7-12,17-18,22,24H,6,13-16,19-21H2,(H,31,36). The average molecular weight is 486 g/mol. The fourth-order valence-corrected chi connectivity index (χ4v) is 4.96. The van der Waals surface area contributed by atoms with Crippen molar-refractivity contribution in [2.45, 2.75) is 25.7 Å². The van der Waals surface area contributed by atoms with E-state index in [1.807, 2.05) is 29.1 Å². The maximum atomic E-state index is 13.4. The van der Waals surface area contributed by atoms with Crippen LogP contribution in [0.3, 0.4) is 0 Å². The third kappa shape index (κ3) is 5.74. The molecule has 7 heteroatoms. The Hall–Kier alpha value is -3.71. The molecule has 6 nitrogen and oxygen atoms in total. The molecule has 4 aromatic rings. The zero-order valence-corrected chi connectivity index (χ0v) is 20.4. The first-order valence-corrected chi connectivity index (χ1v) is 12.7. The summed E-state index contributed by atoms with van der Waals surface area (Å²) >= 11 is 0. The minimum Gasteiger partial charge on any atom is -0.352 e. The van der Waals surface area contributed by atoms with Gasteiger partial charge >= 0.3 is 0 Å². The number of benzene rings is 2. The summed E-state index contributed by atoms with van der Waals surface area (Å²) in [7, 11) is 0. The van der Waals surface area contributed by atoms with Crippen LogP contribution in [0.25, 0.3) is 11.5 Å². The lowest BCUT2D eigenvalue weighted by Gasteiger charge is -2.32. The number of piperidine rings is 1. The Morgan fingerprint density at radius 3 is 2.42 bits per heavy atom. The number of hydrogen-bond acceptors (Lipinski definition) is 3. The van der Waals surface area contributed by atoms with E-state index >= 15 is 0 Å². The van der Waals surface area contributed by atoms with Gasteiger partial charge in [-0.2, -0.15) is 5.10 Å². The van der Waals surface area contributed by atoms with Gasteiger partial charge in [0.1, 0.15) is 11.4 Å². The van der Waals surface area contributed by atoms with E-state index in [1.165, 1.54) is 37.0 Å². The van der Waals surface area contributed by atoms with Crippen molar-refractivity contribution in [3.8, 4) is 11.5 Å². The van der Waals surface area contributed by atoms with Crippen molar-refractivity contribution in [2.24, 2.45) is 5.92 Å². The molecule has 0 aliphatic carbocycles. The van der Waals surface area contributed by atoms with Gasteiger partial charge in [0.25, 0.3) is 5.91 Å². The number of aromatic nitrogens is 3. The first kappa shape index (κ1) is 24.0. The number of carbonyl (C=O) groups excluding carboxylic acids is 1. The van der Waals surface area contributed by atoms with E-state index in [4.69, 9.17) is 0 Å². The molecule has 0 atom stereocenters. The number of rotatable bonds is 9. The first-order chi connectivity index (χ1) is 17.7. The lowest BCUT2D eigenvalue weighted by molar-refractivity contribution is 0.0950. The average Bonchev–Trinajstić information content (AvgIpc) is 3.59. The van der Waals surface area contributed by atoms with Crippen LogP contribution in [-0.2, 0) is 6.42 Å². The second kappa shape index (κ2) is 11.4. The Morgan fingerprint density at radius 1 is 0.972 bits per heavy atom. The van der Waals surface area contributed by atoms with Crippen LogP contribution in [0.1, 0.15) is 35.2 Å². The molecule has 3 heterocycles. The van der Waals surface area contributed by atoms with Crippen LogP contribution in [0, 0.1) is 11.7 Å². The van der Waals surface area contributed by atoms with Gasteiger partial charge in [-0.15, -0.1) is 0 Å². The third-order valence-electron chi connectivity index (χ3n) is 6.92. The van der Waals surface area contributed by atoms with Crippen LogP contribution >= 0.6 is 0 Å². The van der Waals surface area contributed by atoms with Crippen LogP contribution in [0.4, 0.5) is 4.39 Å². The lowest BCUT2D eigenvalue weighted by Crippen LogP contribution is -2.36. The lowest BCUT2D eigenvalue weighted by atomic mass is 9.90. The van der Waals surface area contributed by atoms with Crippen molar-refractivity contribution < 1.29 is 9.18 Å². The van der Waals surface area contributed by atoms with E-state index in [0.717, 1.165) is 32.0 Å². The van der Waals surface area contributed by atoms with E-state index < -0.39 is 0 Å². The second-order valence-electron chi connectivity index (χ2n) is 9.44. The Labute approximate surface area is 211 Å². The largest absolute Gasteiger partial charge is 0.352 e. The summed E-state index contributed by atoms with van der Waals surface area (Å²) in [6, 6.07) is 20.6. The van der Waals surface area contributed by atoms with Gasteiger partial charge in [-0.1, -0.05) is 30.3 Å². The maximum absolute atomic E-state index is 13.4. The van der Waals surface area contributed by atoms with E-state index in [9.17, 15) is 9.18 Å². The molecule has 0 spiro atoms. The number of hydrogen-bond donors (Lipinski definition) is 1. The van der Waals surface area contributed by atoms with Gasteiger partial charge < -0.3 is 14.8 Å². The van der Waals surface area contributed by atoms with Crippen molar-refractivity contribution in [2.75, 3.05) is 26.2 Å². The summed E-state index contributed by atoms with van der Waals surface area (Å²) < 4.78 is 16.9. The SMILES string of the molecule is O=C(NCCCN1CCC(Cc2ccccc2)CC1)c1cnn(-c2ccc(F)cc2)c1-n1cccc1. The van der Waals surface area contributed by atoms with E-state index in [-0.39, 0.29) is 11.7 Å². The smallest absolute Gasteiger partial charge is 0.256 e. The third-order valence-corrected chi connectivity index (χ3v) is 6.92. The summed E-state index contributed by atoms with van der Waals surface area (Å²) in [6.07, 6.45) is 9.84. The summed E-state index contributed by atoms with van der Waals surface area (Å²) in [5.41, 5.74) is 2.60. The number of likely N-dealkylation sites (tertiary alicyclic amines) is 1. The minimum absolute atomic E-state index is 0.159. The van der Waals surface area contributed by atoms with Crippen molar-refractivity contribution in [3.05, 3.63) is 102 Å². The number of nitrogens with one attached hydrogen (secondary N) is 1. The van der Waals surface area contributed by atoms with Gasteiger partial charge in [0.15, 0.2) is 5.82 Å². The first-order valence-electron chi connectivity index (χ1n) is 12.7. The highest BCUT2D eigenvalue weighted by Crippen LogP contribution is 2.22. The van der Waals surface area contributed by atoms with Gasteiger partial charge in [-0.05, 0) is 93.2 Å². The van der Waals surface area contributed by atoms with Gasteiger partial charge in [0.2, 0.25) is 0 Å². The monoisotopic (exact) mass is 485 g/mol. The molecule has 5 rings (SSSR count). The fourth-order valence-electron chi connectivity index (χ4n) is 4.96. The molecule has 186 valence electrons. The topological polar surface area (TPSA) is 55.1 Å². The van der Waals surface area contributed by atoms with Crippen molar-refractivity contribution in [1.82, 2.24) is 24.6 Å². The quantitative estimate of drug-likeness (QED) is 0.344. The van der Waals surface area contributed by atoms with Crippen LogP contribution in [0.15, 0.2) is 85.3 Å². The Kier molecular flexibility index (Phi) is 7.57. The number of halogens is 1. The summed E-state index contributed by atoms with van der Waals surface area (Å²) in [6.45, 7) is 3.83. The summed E-state index contributed by atoms with van der Waals surface area (Å²) in [4.78, 5) is 15.6. The fraction of sp³-hybridized carbons (Fsp3) is 0.310. The normalized spacial score (nSPS) is 14.7. The van der Waals surface area contributed by atoms with Crippen LogP contribution in [0.2, 0.25) is 0 Å². The molecule has 2 aromatic heterocycles. The van der Waals surface area contributed by atoms with Crippen molar-refractivity contribution in [1.29, 1.82) is 0 Å². The zero-order valence-electron chi connectivity index (χ0n) is 20.4. The van der Waals surface area contributed by atoms with E-state index in [1.54, 1.807) is 23.0 Å². The predicted molar refractivity (Wildman–Crippen MR) is 139 cm³/mol. The van der Waals surface area contributed by atoms with Gasteiger partial charge in [0.05, 0.1) is 11.9 Å². The number of amides is 1. The van der Waals surface area contributed by atoms with Gasteiger partial charge in [-0.3, -0.25) is 4.79 Å². The zero-order chi connectivity index (χ0) is 24.7. The van der Waals surface area contributed by atoms with Crippen LogP contribution < -0.4 is 5.32 Å². The summed E-state index contributed by atoms with van der Waals surface area (Å²) in [5, 5.41) is 7.50. The minimum atomic E-state index is -0.313. The number of nitrogens with zero attached hydrogens (tertiary/aromatic N) is 4. The molecule has 2 aromatic carbocycles. The molecular formula is C29H32FN5O. The number of carbonyl (C=O) groups is 1. The Bertz CT molecular complexity index is 1240. The van der Waals surface area contributed by atoms with E-state index in [0.29, 0.717) is 23.6 Å². The van der Waals surface area contributed by atoms with Gasteiger partial charge in [0, 0.05) is 18.9 Å². The Balaban J connectivity index is 1.13. The highest BCUT2D eigenvalue weighted by atomic mass is 19.1. The molecule has 1 N–H and O–H groups in total. The molecule has 0 saturated carbocycles. The van der Waals surface area contributed by atoms with Gasteiger partial charge in [-0.25, -0.2) is 9.07 Å². The molecule has 36 heavy (non-hydrogen) atoms. The molecule has 0 radical (unpaired) electrons. The van der Waals surface area contributed by atoms with Crippen LogP contribution in [0.5, 0.6) is 0 Å². The predicted octanol–water partition coefficient (Wildman–Crippen LogP) is 4.88. The molecule has 1 fully saturated rings. The van der Waals surface area contributed by atoms with Crippen molar-refractivity contribution >= 4 is 5.91 Å².